The van der Waals surface area contributed by atoms with E-state index in [0.717, 1.165) is 18.8 Å². The summed E-state index contributed by atoms with van der Waals surface area (Å²) in [5.41, 5.74) is 0. The molecule has 0 bridgehead atoms. The van der Waals surface area contributed by atoms with Crippen LogP contribution in [0, 0.1) is 4.77 Å². The van der Waals surface area contributed by atoms with Crippen molar-refractivity contribution in [2.45, 2.75) is 13.0 Å². The van der Waals surface area contributed by atoms with Gasteiger partial charge < -0.3 is 9.15 Å². The van der Waals surface area contributed by atoms with Crippen LogP contribution in [0.3, 0.4) is 0 Å². The molecule has 0 saturated heterocycles. The average molecular weight is 239 g/mol. The topological polar surface area (TPSA) is 56.0 Å². The molecule has 6 heteroatoms. The van der Waals surface area contributed by atoms with Crippen LogP contribution in [0.5, 0.6) is 0 Å². The first-order valence-corrected chi connectivity index (χ1v) is 5.42. The van der Waals surface area contributed by atoms with Crippen LogP contribution in [0.25, 0.3) is 11.6 Å². The van der Waals surface area contributed by atoms with E-state index in [1.54, 1.807) is 13.4 Å². The Morgan fingerprint density at radius 2 is 2.50 bits per heavy atom. The van der Waals surface area contributed by atoms with E-state index in [4.69, 9.17) is 21.4 Å². The first-order valence-electron chi connectivity index (χ1n) is 5.01. The summed E-state index contributed by atoms with van der Waals surface area (Å²) in [5, 5.41) is 6.92. The predicted molar refractivity (Wildman–Crippen MR) is 61.6 cm³/mol. The van der Waals surface area contributed by atoms with Gasteiger partial charge in [0.15, 0.2) is 16.4 Å². The second-order valence-electron chi connectivity index (χ2n) is 3.33. The zero-order valence-electron chi connectivity index (χ0n) is 8.97. The lowest BCUT2D eigenvalue weighted by atomic mass is 10.4. The van der Waals surface area contributed by atoms with E-state index in [-0.39, 0.29) is 0 Å². The molecular formula is C10H13N3O2S. The highest BCUT2D eigenvalue weighted by Crippen LogP contribution is 2.17. The van der Waals surface area contributed by atoms with Crippen LogP contribution in [-0.4, -0.2) is 28.5 Å². The number of furan rings is 1. The van der Waals surface area contributed by atoms with Gasteiger partial charge in [-0.1, -0.05) is 0 Å². The molecule has 2 heterocycles. The Morgan fingerprint density at radius 1 is 1.62 bits per heavy atom. The molecule has 0 aromatic carbocycles. The average Bonchev–Trinajstić information content (AvgIpc) is 2.89. The maximum atomic E-state index is 5.30. The summed E-state index contributed by atoms with van der Waals surface area (Å²) in [6.07, 6.45) is 2.50. The highest BCUT2D eigenvalue weighted by molar-refractivity contribution is 7.71. The Kier molecular flexibility index (Phi) is 3.53. The monoisotopic (exact) mass is 239 g/mol. The smallest absolute Gasteiger partial charge is 0.198 e. The lowest BCUT2D eigenvalue weighted by Crippen LogP contribution is -2.03. The number of nitrogens with zero attached hydrogens (tertiary/aromatic N) is 2. The van der Waals surface area contributed by atoms with Crippen molar-refractivity contribution in [3.8, 4) is 11.6 Å². The lowest BCUT2D eigenvalue weighted by Gasteiger charge is -2.04. The molecule has 0 atom stereocenters. The Balaban J connectivity index is 2.23. The third-order valence-electron chi connectivity index (χ3n) is 2.23. The molecular weight excluding hydrogens is 226 g/mol. The number of ether oxygens (including phenoxy) is 1. The minimum Gasteiger partial charge on any atom is -0.461 e. The molecule has 0 aliphatic carbocycles. The Morgan fingerprint density at radius 3 is 3.19 bits per heavy atom. The van der Waals surface area contributed by atoms with E-state index in [0.29, 0.717) is 17.1 Å². The Labute approximate surface area is 98.0 Å². The SMILES string of the molecule is COCCCn1c(-c2ccco2)n[nH]c1=S. The zero-order valence-corrected chi connectivity index (χ0v) is 9.79. The molecule has 5 nitrogen and oxygen atoms in total. The second kappa shape index (κ2) is 5.09. The highest BCUT2D eigenvalue weighted by Gasteiger charge is 2.10. The minimum absolute atomic E-state index is 0.600. The fourth-order valence-electron chi connectivity index (χ4n) is 1.49. The molecule has 0 unspecified atom stereocenters. The first-order chi connectivity index (χ1) is 7.83. The Bertz CT molecular complexity index is 486. The van der Waals surface area contributed by atoms with Gasteiger partial charge in [-0.25, -0.2) is 0 Å². The summed E-state index contributed by atoms with van der Waals surface area (Å²) in [6.45, 7) is 1.46. The quantitative estimate of drug-likeness (QED) is 0.642. The van der Waals surface area contributed by atoms with Crippen molar-refractivity contribution in [2.75, 3.05) is 13.7 Å². The van der Waals surface area contributed by atoms with Gasteiger partial charge in [0.25, 0.3) is 0 Å². The van der Waals surface area contributed by atoms with Gasteiger partial charge in [-0.05, 0) is 30.8 Å². The van der Waals surface area contributed by atoms with Gasteiger partial charge in [0, 0.05) is 20.3 Å². The summed E-state index contributed by atoms with van der Waals surface area (Å²) in [5.74, 6) is 1.44. The normalized spacial score (nSPS) is 10.8. The summed E-state index contributed by atoms with van der Waals surface area (Å²) in [7, 11) is 1.68. The number of aromatic amines is 1. The fraction of sp³-hybridized carbons (Fsp3) is 0.400. The number of nitrogens with one attached hydrogen (secondary N) is 1. The van der Waals surface area contributed by atoms with E-state index in [1.165, 1.54) is 0 Å². The van der Waals surface area contributed by atoms with E-state index in [9.17, 15) is 0 Å². The van der Waals surface area contributed by atoms with Crippen LogP contribution in [0.4, 0.5) is 0 Å². The molecule has 0 spiro atoms. The molecule has 16 heavy (non-hydrogen) atoms. The largest absolute Gasteiger partial charge is 0.461 e. The number of methoxy groups -OCH3 is 1. The molecule has 2 rings (SSSR count). The van der Waals surface area contributed by atoms with Gasteiger partial charge in [0.05, 0.1) is 6.26 Å². The molecule has 0 fully saturated rings. The number of H-pyrrole nitrogens is 1. The van der Waals surface area contributed by atoms with E-state index < -0.39 is 0 Å². The molecule has 0 saturated carbocycles. The van der Waals surface area contributed by atoms with E-state index >= 15 is 0 Å². The molecule has 2 aromatic rings. The molecule has 86 valence electrons. The molecule has 0 aliphatic rings. The van der Waals surface area contributed by atoms with Crippen LogP contribution in [0.15, 0.2) is 22.8 Å². The number of hydrogen-bond acceptors (Lipinski definition) is 4. The van der Waals surface area contributed by atoms with Crippen molar-refractivity contribution in [2.24, 2.45) is 0 Å². The predicted octanol–water partition coefficient (Wildman–Crippen LogP) is 2.24. The number of rotatable bonds is 5. The number of hydrogen-bond donors (Lipinski definition) is 1. The Hall–Kier alpha value is -1.40. The fourth-order valence-corrected chi connectivity index (χ4v) is 1.71. The van der Waals surface area contributed by atoms with Gasteiger partial charge in [-0.2, -0.15) is 5.10 Å². The number of aromatic nitrogens is 3. The minimum atomic E-state index is 0.600. The van der Waals surface area contributed by atoms with Crippen molar-refractivity contribution in [3.63, 3.8) is 0 Å². The van der Waals surface area contributed by atoms with Crippen molar-refractivity contribution in [1.29, 1.82) is 0 Å². The zero-order chi connectivity index (χ0) is 11.4. The van der Waals surface area contributed by atoms with Crippen molar-refractivity contribution < 1.29 is 9.15 Å². The van der Waals surface area contributed by atoms with Crippen molar-refractivity contribution in [3.05, 3.63) is 23.2 Å². The van der Waals surface area contributed by atoms with Gasteiger partial charge >= 0.3 is 0 Å². The van der Waals surface area contributed by atoms with Crippen LogP contribution in [-0.2, 0) is 11.3 Å². The van der Waals surface area contributed by atoms with Crippen molar-refractivity contribution in [1.82, 2.24) is 14.8 Å². The summed E-state index contributed by atoms with van der Waals surface area (Å²) >= 11 is 5.16. The third-order valence-corrected chi connectivity index (χ3v) is 2.54. The van der Waals surface area contributed by atoms with Gasteiger partial charge in [0.2, 0.25) is 0 Å². The summed E-state index contributed by atoms with van der Waals surface area (Å²) in [6, 6.07) is 3.68. The van der Waals surface area contributed by atoms with Crippen LogP contribution in [0.2, 0.25) is 0 Å². The molecule has 0 amide bonds. The maximum Gasteiger partial charge on any atom is 0.198 e. The second-order valence-corrected chi connectivity index (χ2v) is 3.71. The van der Waals surface area contributed by atoms with E-state index in [2.05, 4.69) is 10.2 Å². The highest BCUT2D eigenvalue weighted by atomic mass is 32.1. The lowest BCUT2D eigenvalue weighted by molar-refractivity contribution is 0.190. The van der Waals surface area contributed by atoms with Gasteiger partial charge in [-0.15, -0.1) is 0 Å². The summed E-state index contributed by atoms with van der Waals surface area (Å²) in [4.78, 5) is 0. The molecule has 0 radical (unpaired) electrons. The summed E-state index contributed by atoms with van der Waals surface area (Å²) < 4.78 is 12.8. The standard InChI is InChI=1S/C10H13N3O2S/c1-14-6-3-5-13-9(11-12-10(13)16)8-4-2-7-15-8/h2,4,7H,3,5-6H2,1H3,(H,12,16). The van der Waals surface area contributed by atoms with Crippen LogP contribution < -0.4 is 0 Å². The molecule has 0 aliphatic heterocycles. The van der Waals surface area contributed by atoms with Gasteiger partial charge in [0.1, 0.15) is 0 Å². The maximum absolute atomic E-state index is 5.30. The van der Waals surface area contributed by atoms with Gasteiger partial charge in [-0.3, -0.25) is 9.67 Å². The molecule has 2 aromatic heterocycles. The first kappa shape index (κ1) is 11.1. The van der Waals surface area contributed by atoms with Crippen LogP contribution >= 0.6 is 12.2 Å². The van der Waals surface area contributed by atoms with E-state index in [1.807, 2.05) is 16.7 Å². The molecule has 1 N–H and O–H groups in total. The van der Waals surface area contributed by atoms with Crippen LogP contribution in [0.1, 0.15) is 6.42 Å². The third kappa shape index (κ3) is 2.23. The van der Waals surface area contributed by atoms with Crippen molar-refractivity contribution >= 4 is 12.2 Å².